The number of halogens is 4. The number of nitro benzene ring substituents is 1. The molecule has 1 aromatic carbocycles. The maximum absolute atomic E-state index is 12.7. The Bertz CT molecular complexity index is 702. The zero-order valence-corrected chi connectivity index (χ0v) is 15.5. The molecule has 0 bridgehead atoms. The summed E-state index contributed by atoms with van der Waals surface area (Å²) in [6, 6.07) is 2.26. The Morgan fingerprint density at radius 2 is 2.11 bits per heavy atom. The molecule has 1 saturated heterocycles. The van der Waals surface area contributed by atoms with Gasteiger partial charge in [0.2, 0.25) is 5.91 Å². The number of carbonyl (C=O) groups is 1. The van der Waals surface area contributed by atoms with E-state index in [-0.39, 0.29) is 42.4 Å². The van der Waals surface area contributed by atoms with E-state index in [0.29, 0.717) is 25.7 Å². The molecule has 0 saturated carbocycles. The van der Waals surface area contributed by atoms with Gasteiger partial charge < -0.3 is 16.0 Å². The highest BCUT2D eigenvalue weighted by molar-refractivity contribution is 5.85. The average molecular weight is 411 g/mol. The number of alkyl halides is 3. The number of carbonyl (C=O) groups excluding carboxylic acids is 1. The van der Waals surface area contributed by atoms with Crippen LogP contribution in [-0.4, -0.2) is 41.9 Å². The van der Waals surface area contributed by atoms with E-state index in [1.165, 1.54) is 0 Å². The molecule has 0 aromatic heterocycles. The summed E-state index contributed by atoms with van der Waals surface area (Å²) in [4.78, 5) is 24.0. The highest BCUT2D eigenvalue weighted by atomic mass is 35.5. The van der Waals surface area contributed by atoms with Crippen molar-refractivity contribution in [3.05, 3.63) is 33.9 Å². The number of hydrogen-bond acceptors (Lipinski definition) is 5. The molecule has 0 aliphatic carbocycles. The Morgan fingerprint density at radius 3 is 2.63 bits per heavy atom. The number of anilines is 1. The van der Waals surface area contributed by atoms with E-state index in [4.69, 9.17) is 5.73 Å². The van der Waals surface area contributed by atoms with Crippen LogP contribution in [0.25, 0.3) is 0 Å². The van der Waals surface area contributed by atoms with Crippen molar-refractivity contribution in [2.45, 2.75) is 25.9 Å². The summed E-state index contributed by atoms with van der Waals surface area (Å²) in [6.45, 7) is 3.73. The summed E-state index contributed by atoms with van der Waals surface area (Å²) in [5, 5.41) is 13.7. The van der Waals surface area contributed by atoms with Crippen LogP contribution < -0.4 is 11.1 Å². The first-order valence-corrected chi connectivity index (χ1v) is 8.13. The lowest BCUT2D eigenvalue weighted by atomic mass is 9.90. The molecule has 2 rings (SSSR count). The lowest BCUT2D eigenvalue weighted by molar-refractivity contribution is -0.384. The van der Waals surface area contributed by atoms with Crippen LogP contribution in [0.2, 0.25) is 0 Å². The van der Waals surface area contributed by atoms with Crippen molar-refractivity contribution in [2.24, 2.45) is 11.1 Å². The van der Waals surface area contributed by atoms with Gasteiger partial charge in [-0.1, -0.05) is 6.92 Å². The second-order valence-electron chi connectivity index (χ2n) is 6.74. The largest absolute Gasteiger partial charge is 0.416 e. The molecule has 1 fully saturated rings. The molecule has 1 aliphatic heterocycles. The molecule has 0 spiro atoms. The standard InChI is InChI=1S/C16H21F3N4O3.ClH/c1-15(9-20)5-7-22(10-15)14(24)4-6-21-12-3-2-11(16(17,18)19)8-13(12)23(25)26;/h2-3,8,21H,4-7,9-10,20H2,1H3;1H. The van der Waals surface area contributed by atoms with E-state index in [9.17, 15) is 28.1 Å². The molecule has 3 N–H and O–H groups in total. The minimum absolute atomic E-state index is 0. The fourth-order valence-corrected chi connectivity index (χ4v) is 2.87. The van der Waals surface area contributed by atoms with Crippen LogP contribution in [0.4, 0.5) is 24.5 Å². The number of benzene rings is 1. The average Bonchev–Trinajstić information content (AvgIpc) is 2.97. The smallest absolute Gasteiger partial charge is 0.379 e. The number of nitro groups is 1. The summed E-state index contributed by atoms with van der Waals surface area (Å²) >= 11 is 0. The van der Waals surface area contributed by atoms with Gasteiger partial charge in [-0.25, -0.2) is 0 Å². The van der Waals surface area contributed by atoms with Crippen molar-refractivity contribution in [3.63, 3.8) is 0 Å². The van der Waals surface area contributed by atoms with Crippen LogP contribution in [0.5, 0.6) is 0 Å². The second kappa shape index (κ2) is 8.75. The second-order valence-corrected chi connectivity index (χ2v) is 6.74. The predicted octanol–water partition coefficient (Wildman–Crippen LogP) is 3.03. The van der Waals surface area contributed by atoms with Crippen molar-refractivity contribution >= 4 is 29.7 Å². The van der Waals surface area contributed by atoms with Crippen LogP contribution in [0, 0.1) is 15.5 Å². The number of rotatable bonds is 6. The van der Waals surface area contributed by atoms with Gasteiger partial charge in [0, 0.05) is 32.1 Å². The zero-order valence-electron chi connectivity index (χ0n) is 14.7. The molecule has 1 unspecified atom stereocenters. The quantitative estimate of drug-likeness (QED) is 0.554. The molecule has 1 heterocycles. The monoisotopic (exact) mass is 410 g/mol. The minimum Gasteiger partial charge on any atom is -0.379 e. The van der Waals surface area contributed by atoms with Gasteiger partial charge in [-0.2, -0.15) is 13.2 Å². The Morgan fingerprint density at radius 1 is 1.44 bits per heavy atom. The maximum atomic E-state index is 12.7. The van der Waals surface area contributed by atoms with Crippen molar-refractivity contribution in [3.8, 4) is 0 Å². The normalized spacial score (nSPS) is 19.5. The SMILES string of the molecule is CC1(CN)CCN(C(=O)CCNc2ccc(C(F)(F)F)cc2[N+](=O)[O-])C1.Cl. The number of amides is 1. The van der Waals surface area contributed by atoms with Crippen LogP contribution in [0.1, 0.15) is 25.3 Å². The zero-order chi connectivity index (χ0) is 19.5. The molecule has 7 nitrogen and oxygen atoms in total. The topological polar surface area (TPSA) is 102 Å². The summed E-state index contributed by atoms with van der Waals surface area (Å²) in [5.41, 5.74) is 3.78. The number of nitrogens with zero attached hydrogens (tertiary/aromatic N) is 2. The number of hydrogen-bond donors (Lipinski definition) is 2. The predicted molar refractivity (Wildman–Crippen MR) is 96.8 cm³/mol. The Labute approximate surface area is 160 Å². The molecule has 1 atom stereocenters. The summed E-state index contributed by atoms with van der Waals surface area (Å²) in [7, 11) is 0. The third-order valence-corrected chi connectivity index (χ3v) is 4.58. The molecule has 1 aliphatic rings. The van der Waals surface area contributed by atoms with Gasteiger partial charge in [-0.05, 0) is 30.5 Å². The molecule has 0 radical (unpaired) electrons. The van der Waals surface area contributed by atoms with Gasteiger partial charge in [0.15, 0.2) is 0 Å². The van der Waals surface area contributed by atoms with Crippen molar-refractivity contribution < 1.29 is 22.9 Å². The van der Waals surface area contributed by atoms with Gasteiger partial charge in [-0.15, -0.1) is 12.4 Å². The first kappa shape index (κ1) is 23.0. The fraction of sp³-hybridized carbons (Fsp3) is 0.562. The molecule has 27 heavy (non-hydrogen) atoms. The molecule has 11 heteroatoms. The van der Waals surface area contributed by atoms with Crippen molar-refractivity contribution in [1.82, 2.24) is 4.90 Å². The van der Waals surface area contributed by atoms with E-state index in [2.05, 4.69) is 5.32 Å². The van der Waals surface area contributed by atoms with Crippen LogP contribution >= 0.6 is 12.4 Å². The lowest BCUT2D eigenvalue weighted by Crippen LogP contribution is -2.35. The Kier molecular flexibility index (Phi) is 7.44. The Hall–Kier alpha value is -2.07. The van der Waals surface area contributed by atoms with Gasteiger partial charge in [0.05, 0.1) is 10.5 Å². The third kappa shape index (κ3) is 5.70. The molecule has 1 amide bonds. The van der Waals surface area contributed by atoms with Crippen LogP contribution in [0.15, 0.2) is 18.2 Å². The molecule has 1 aromatic rings. The highest BCUT2D eigenvalue weighted by Gasteiger charge is 2.35. The Balaban J connectivity index is 0.00000364. The molecular weight excluding hydrogens is 389 g/mol. The van der Waals surface area contributed by atoms with Crippen molar-refractivity contribution in [1.29, 1.82) is 0 Å². The summed E-state index contributed by atoms with van der Waals surface area (Å²) in [5.74, 6) is -0.121. The number of nitrogens with one attached hydrogen (secondary N) is 1. The van der Waals surface area contributed by atoms with Crippen LogP contribution in [-0.2, 0) is 11.0 Å². The summed E-state index contributed by atoms with van der Waals surface area (Å²) in [6.07, 6.45) is -3.77. The number of likely N-dealkylation sites (tertiary alicyclic amines) is 1. The fourth-order valence-electron chi connectivity index (χ4n) is 2.87. The number of nitrogens with two attached hydrogens (primary N) is 1. The van der Waals surface area contributed by atoms with Gasteiger partial charge in [0.1, 0.15) is 5.69 Å². The van der Waals surface area contributed by atoms with E-state index in [0.717, 1.165) is 18.6 Å². The first-order valence-electron chi connectivity index (χ1n) is 8.13. The van der Waals surface area contributed by atoms with Crippen molar-refractivity contribution in [2.75, 3.05) is 31.5 Å². The minimum atomic E-state index is -4.66. The molecular formula is C16H22ClF3N4O3. The van der Waals surface area contributed by atoms with Gasteiger partial charge in [0.25, 0.3) is 5.69 Å². The van der Waals surface area contributed by atoms with E-state index in [1.807, 2.05) is 6.92 Å². The highest BCUT2D eigenvalue weighted by Crippen LogP contribution is 2.35. The van der Waals surface area contributed by atoms with E-state index >= 15 is 0 Å². The van der Waals surface area contributed by atoms with Crippen LogP contribution in [0.3, 0.4) is 0 Å². The first-order chi connectivity index (χ1) is 12.1. The van der Waals surface area contributed by atoms with Gasteiger partial charge in [-0.3, -0.25) is 14.9 Å². The third-order valence-electron chi connectivity index (χ3n) is 4.58. The lowest BCUT2D eigenvalue weighted by Gasteiger charge is -2.22. The molecule has 152 valence electrons. The van der Waals surface area contributed by atoms with Gasteiger partial charge >= 0.3 is 6.18 Å². The maximum Gasteiger partial charge on any atom is 0.416 e. The van der Waals surface area contributed by atoms with E-state index in [1.54, 1.807) is 4.90 Å². The summed E-state index contributed by atoms with van der Waals surface area (Å²) < 4.78 is 38.1. The van der Waals surface area contributed by atoms with E-state index < -0.39 is 22.4 Å².